The van der Waals surface area contributed by atoms with Crippen LogP contribution in [0.1, 0.15) is 25.7 Å². The number of nitrogens with one attached hydrogen (secondary N) is 1. The van der Waals surface area contributed by atoms with Crippen LogP contribution in [0.3, 0.4) is 0 Å². The van der Waals surface area contributed by atoms with Crippen LogP contribution in [0.5, 0.6) is 0 Å². The first kappa shape index (κ1) is 17.3. The van der Waals surface area contributed by atoms with Crippen LogP contribution in [-0.4, -0.2) is 35.7 Å². The first-order valence-corrected chi connectivity index (χ1v) is 10.3. The first-order chi connectivity index (χ1) is 12.4. The van der Waals surface area contributed by atoms with Crippen LogP contribution in [0.15, 0.2) is 30.3 Å². The fraction of sp³-hybridized carbons (Fsp3) is 0.444. The Kier molecular flexibility index (Phi) is 4.38. The van der Waals surface area contributed by atoms with E-state index < -0.39 is 21.5 Å². The third-order valence-corrected chi connectivity index (χ3v) is 8.10. The minimum absolute atomic E-state index is 0.132. The second-order valence-corrected chi connectivity index (χ2v) is 9.54. The van der Waals surface area contributed by atoms with E-state index in [0.717, 1.165) is 12.8 Å². The zero-order chi connectivity index (χ0) is 18.3. The number of hydrogen-bond acceptors (Lipinski definition) is 5. The molecule has 2 aliphatic rings. The van der Waals surface area contributed by atoms with Crippen LogP contribution in [0, 0.1) is 17.6 Å². The van der Waals surface area contributed by atoms with Crippen LogP contribution < -0.4 is 5.32 Å². The molecule has 0 saturated carbocycles. The summed E-state index contributed by atoms with van der Waals surface area (Å²) in [6.45, 7) is 0.616. The van der Waals surface area contributed by atoms with E-state index in [0.29, 0.717) is 25.2 Å². The highest BCUT2D eigenvalue weighted by molar-refractivity contribution is 7.93. The van der Waals surface area contributed by atoms with Gasteiger partial charge in [-0.15, -0.1) is 10.2 Å². The normalized spacial score (nSPS) is 26.6. The first-order valence-electron chi connectivity index (χ1n) is 8.70. The molecule has 8 heteroatoms. The number of sulfone groups is 1. The monoisotopic (exact) mass is 379 g/mol. The predicted molar refractivity (Wildman–Crippen MR) is 94.3 cm³/mol. The Bertz CT molecular complexity index is 878. The lowest BCUT2D eigenvalue weighted by molar-refractivity contribution is 0.442. The molecule has 0 amide bonds. The van der Waals surface area contributed by atoms with Gasteiger partial charge < -0.3 is 5.32 Å². The largest absolute Gasteiger partial charge is 0.368 e. The van der Waals surface area contributed by atoms with Gasteiger partial charge in [0, 0.05) is 6.54 Å². The van der Waals surface area contributed by atoms with E-state index in [1.165, 1.54) is 24.3 Å². The van der Waals surface area contributed by atoms with Gasteiger partial charge in [0.1, 0.15) is 17.5 Å². The van der Waals surface area contributed by atoms with Crippen LogP contribution in [-0.2, 0) is 9.84 Å². The van der Waals surface area contributed by atoms with Crippen molar-refractivity contribution >= 4 is 15.7 Å². The minimum atomic E-state index is -2.92. The lowest BCUT2D eigenvalue weighted by atomic mass is 9.99. The minimum Gasteiger partial charge on any atom is -0.368 e. The van der Waals surface area contributed by atoms with Gasteiger partial charge >= 0.3 is 0 Å². The van der Waals surface area contributed by atoms with Gasteiger partial charge in [-0.3, -0.25) is 0 Å². The molecule has 0 radical (unpaired) electrons. The molecule has 1 N–H and O–H groups in total. The van der Waals surface area contributed by atoms with E-state index in [9.17, 15) is 17.2 Å². The van der Waals surface area contributed by atoms with Crippen molar-refractivity contribution in [1.29, 1.82) is 0 Å². The van der Waals surface area contributed by atoms with Crippen molar-refractivity contribution in [3.8, 4) is 11.3 Å². The standard InChI is InChI=1S/C18H19F2N3O2S/c19-14-2-1-3-15(20)18(14)16-6-7-17(23-22-16)21-10-11-8-12-4-5-13(9-11)26(12,24)25/h1-3,6-7,11-13H,4-5,8-10H2,(H,21,23). The highest BCUT2D eigenvalue weighted by Crippen LogP contribution is 2.41. The molecule has 2 atom stereocenters. The number of rotatable bonds is 4. The summed E-state index contributed by atoms with van der Waals surface area (Å²) >= 11 is 0. The van der Waals surface area contributed by atoms with Crippen LogP contribution in [0.25, 0.3) is 11.3 Å². The second-order valence-electron chi connectivity index (χ2n) is 7.03. The van der Waals surface area contributed by atoms with Gasteiger partial charge in [-0.2, -0.15) is 0 Å². The quantitative estimate of drug-likeness (QED) is 0.883. The summed E-state index contributed by atoms with van der Waals surface area (Å²) in [7, 11) is -2.92. The van der Waals surface area contributed by atoms with Crippen molar-refractivity contribution in [1.82, 2.24) is 10.2 Å². The molecule has 2 aliphatic heterocycles. The van der Waals surface area contributed by atoms with Crippen LogP contribution in [0.2, 0.25) is 0 Å². The number of anilines is 1. The number of hydrogen-bond donors (Lipinski definition) is 1. The molecule has 2 unspecified atom stereocenters. The summed E-state index contributed by atoms with van der Waals surface area (Å²) in [4.78, 5) is 0. The van der Waals surface area contributed by atoms with Crippen molar-refractivity contribution in [2.45, 2.75) is 36.2 Å². The summed E-state index contributed by atoms with van der Waals surface area (Å²) in [6.07, 6.45) is 2.90. The zero-order valence-corrected chi connectivity index (χ0v) is 14.8. The summed E-state index contributed by atoms with van der Waals surface area (Å²) in [6, 6.07) is 6.80. The maximum atomic E-state index is 13.8. The molecule has 5 nitrogen and oxygen atoms in total. The van der Waals surface area contributed by atoms with E-state index in [2.05, 4.69) is 15.5 Å². The van der Waals surface area contributed by atoms with E-state index in [4.69, 9.17) is 0 Å². The molecule has 2 aromatic rings. The number of benzene rings is 1. The van der Waals surface area contributed by atoms with E-state index in [1.54, 1.807) is 6.07 Å². The molecule has 4 rings (SSSR count). The summed E-state index contributed by atoms with van der Waals surface area (Å²) in [5.41, 5.74) is -0.0615. The maximum Gasteiger partial charge on any atom is 0.156 e. The predicted octanol–water partition coefficient (Wildman–Crippen LogP) is 3.19. The molecule has 0 spiro atoms. The van der Waals surface area contributed by atoms with Crippen LogP contribution in [0.4, 0.5) is 14.6 Å². The van der Waals surface area contributed by atoms with E-state index in [-0.39, 0.29) is 27.7 Å². The molecule has 1 aromatic carbocycles. The Hall–Kier alpha value is -2.09. The molecule has 3 heterocycles. The average Bonchev–Trinajstić information content (AvgIpc) is 2.78. The Balaban J connectivity index is 1.41. The Morgan fingerprint density at radius 2 is 1.65 bits per heavy atom. The Morgan fingerprint density at radius 1 is 1.00 bits per heavy atom. The van der Waals surface area contributed by atoms with Gasteiger partial charge in [0.2, 0.25) is 0 Å². The number of halogens is 2. The Morgan fingerprint density at radius 3 is 2.23 bits per heavy atom. The molecular formula is C18H19F2N3O2S. The second kappa shape index (κ2) is 6.57. The summed E-state index contributed by atoms with van der Waals surface area (Å²) in [5, 5.41) is 10.7. The molecule has 2 saturated heterocycles. The van der Waals surface area contributed by atoms with E-state index in [1.807, 2.05) is 0 Å². The van der Waals surface area contributed by atoms with Gasteiger partial charge in [-0.05, 0) is 55.9 Å². The SMILES string of the molecule is O=S1(=O)C2CCC1CC(CNc1ccc(-c3c(F)cccc3F)nn1)C2. The fourth-order valence-corrected chi connectivity index (χ4v) is 6.59. The van der Waals surface area contributed by atoms with E-state index >= 15 is 0 Å². The molecule has 26 heavy (non-hydrogen) atoms. The molecule has 0 aliphatic carbocycles. The smallest absolute Gasteiger partial charge is 0.156 e. The highest BCUT2D eigenvalue weighted by atomic mass is 32.2. The topological polar surface area (TPSA) is 72.0 Å². The highest BCUT2D eigenvalue weighted by Gasteiger charge is 2.46. The molecule has 2 bridgehead atoms. The van der Waals surface area contributed by atoms with Crippen molar-refractivity contribution in [3.05, 3.63) is 42.0 Å². The van der Waals surface area contributed by atoms with Crippen LogP contribution >= 0.6 is 0 Å². The summed E-state index contributed by atoms with van der Waals surface area (Å²) < 4.78 is 51.8. The zero-order valence-electron chi connectivity index (χ0n) is 14.0. The van der Waals surface area contributed by atoms with Crippen molar-refractivity contribution < 1.29 is 17.2 Å². The fourth-order valence-electron chi connectivity index (χ4n) is 4.03. The third kappa shape index (κ3) is 3.06. The average molecular weight is 379 g/mol. The number of fused-ring (bicyclic) bond motifs is 2. The number of nitrogens with zero attached hydrogens (tertiary/aromatic N) is 2. The lowest BCUT2D eigenvalue weighted by Crippen LogP contribution is -2.35. The maximum absolute atomic E-state index is 13.8. The lowest BCUT2D eigenvalue weighted by Gasteiger charge is -2.28. The van der Waals surface area contributed by atoms with Gasteiger partial charge in [-0.25, -0.2) is 17.2 Å². The summed E-state index contributed by atoms with van der Waals surface area (Å²) in [5.74, 6) is -0.578. The molecule has 1 aromatic heterocycles. The van der Waals surface area contributed by atoms with Crippen molar-refractivity contribution in [3.63, 3.8) is 0 Å². The van der Waals surface area contributed by atoms with Gasteiger partial charge in [0.05, 0.1) is 21.8 Å². The Labute approximate surface area is 150 Å². The van der Waals surface area contributed by atoms with Gasteiger partial charge in [0.15, 0.2) is 9.84 Å². The van der Waals surface area contributed by atoms with Gasteiger partial charge in [0.25, 0.3) is 0 Å². The molecule has 138 valence electrons. The van der Waals surface area contributed by atoms with Crippen molar-refractivity contribution in [2.75, 3.05) is 11.9 Å². The molecular weight excluding hydrogens is 360 g/mol. The molecule has 2 fully saturated rings. The third-order valence-electron chi connectivity index (χ3n) is 5.39. The number of aromatic nitrogens is 2. The van der Waals surface area contributed by atoms with Gasteiger partial charge in [-0.1, -0.05) is 6.07 Å². The van der Waals surface area contributed by atoms with Crippen molar-refractivity contribution in [2.24, 2.45) is 5.92 Å².